The average molecular weight is 254 g/mol. The highest BCUT2D eigenvalue weighted by atomic mass is 32.2. The molecule has 1 aliphatic heterocycles. The summed E-state index contributed by atoms with van der Waals surface area (Å²) >= 11 is 2.09. The molecular weight excluding hydrogens is 228 g/mol. The summed E-state index contributed by atoms with van der Waals surface area (Å²) < 4.78 is 0. The van der Waals surface area contributed by atoms with Crippen molar-refractivity contribution in [3.8, 4) is 0 Å². The highest BCUT2D eigenvalue weighted by Crippen LogP contribution is 2.35. The molecule has 0 aromatic carbocycles. The van der Waals surface area contributed by atoms with E-state index in [-0.39, 0.29) is 0 Å². The lowest BCUT2D eigenvalue weighted by Gasteiger charge is -2.42. The van der Waals surface area contributed by atoms with Crippen LogP contribution < -0.4 is 5.32 Å². The monoisotopic (exact) mass is 254 g/mol. The van der Waals surface area contributed by atoms with E-state index in [2.05, 4.69) is 28.2 Å². The van der Waals surface area contributed by atoms with Crippen LogP contribution in [0.5, 0.6) is 0 Å². The molecule has 17 heavy (non-hydrogen) atoms. The van der Waals surface area contributed by atoms with Crippen molar-refractivity contribution in [2.24, 2.45) is 5.92 Å². The molecule has 3 rings (SSSR count). The Morgan fingerprint density at radius 1 is 1.18 bits per heavy atom. The van der Waals surface area contributed by atoms with Gasteiger partial charge in [-0.1, -0.05) is 6.42 Å². The summed E-state index contributed by atoms with van der Waals surface area (Å²) in [5.74, 6) is 1.01. The third-order valence-corrected chi connectivity index (χ3v) is 5.97. The van der Waals surface area contributed by atoms with Crippen LogP contribution in [0.25, 0.3) is 0 Å². The van der Waals surface area contributed by atoms with Crippen molar-refractivity contribution in [1.29, 1.82) is 0 Å². The highest BCUT2D eigenvalue weighted by molar-refractivity contribution is 7.99. The van der Waals surface area contributed by atoms with E-state index in [1.54, 1.807) is 0 Å². The van der Waals surface area contributed by atoms with Crippen LogP contribution in [0.15, 0.2) is 0 Å². The minimum absolute atomic E-state index is 0.818. The van der Waals surface area contributed by atoms with E-state index < -0.39 is 0 Å². The third-order valence-electron chi connectivity index (χ3n) is 4.88. The van der Waals surface area contributed by atoms with Gasteiger partial charge in [-0.2, -0.15) is 11.8 Å². The molecule has 0 spiro atoms. The second-order valence-electron chi connectivity index (χ2n) is 6.07. The highest BCUT2D eigenvalue weighted by Gasteiger charge is 2.36. The first-order valence-electron chi connectivity index (χ1n) is 7.37. The van der Waals surface area contributed by atoms with Gasteiger partial charge in [-0.3, -0.25) is 4.90 Å². The number of rotatable bonds is 3. The van der Waals surface area contributed by atoms with Crippen molar-refractivity contribution in [2.75, 3.05) is 25.9 Å². The quantitative estimate of drug-likeness (QED) is 0.832. The SMILES string of the molecule is CSC1CCCC(N2CCNC(C3CC3)C2)C1. The molecule has 3 fully saturated rings. The van der Waals surface area contributed by atoms with E-state index in [0.717, 1.165) is 23.3 Å². The Bertz CT molecular complexity index is 255. The Morgan fingerprint density at radius 2 is 2.06 bits per heavy atom. The molecule has 3 atom stereocenters. The fourth-order valence-electron chi connectivity index (χ4n) is 3.61. The molecule has 1 saturated heterocycles. The minimum Gasteiger partial charge on any atom is -0.311 e. The van der Waals surface area contributed by atoms with E-state index in [0.29, 0.717) is 0 Å². The topological polar surface area (TPSA) is 15.3 Å². The van der Waals surface area contributed by atoms with Gasteiger partial charge in [0.25, 0.3) is 0 Å². The molecule has 1 heterocycles. The molecule has 0 bridgehead atoms. The first-order chi connectivity index (χ1) is 8.36. The maximum atomic E-state index is 3.73. The minimum atomic E-state index is 0.818. The Labute approximate surface area is 110 Å². The van der Waals surface area contributed by atoms with E-state index in [1.165, 1.54) is 58.2 Å². The lowest BCUT2D eigenvalue weighted by molar-refractivity contribution is 0.111. The van der Waals surface area contributed by atoms with Gasteiger partial charge in [-0.15, -0.1) is 0 Å². The van der Waals surface area contributed by atoms with Crippen molar-refractivity contribution in [3.63, 3.8) is 0 Å². The van der Waals surface area contributed by atoms with Gasteiger partial charge in [-0.05, 0) is 44.3 Å². The predicted octanol–water partition coefficient (Wildman–Crippen LogP) is 2.34. The number of nitrogens with zero attached hydrogens (tertiary/aromatic N) is 1. The van der Waals surface area contributed by atoms with Crippen LogP contribution in [0.4, 0.5) is 0 Å². The summed E-state index contributed by atoms with van der Waals surface area (Å²) in [7, 11) is 0. The molecule has 2 aliphatic carbocycles. The van der Waals surface area contributed by atoms with E-state index in [4.69, 9.17) is 0 Å². The Hall–Kier alpha value is 0.270. The van der Waals surface area contributed by atoms with Crippen LogP contribution in [0.2, 0.25) is 0 Å². The van der Waals surface area contributed by atoms with Crippen molar-refractivity contribution in [1.82, 2.24) is 10.2 Å². The Kier molecular flexibility index (Phi) is 3.98. The number of thioether (sulfide) groups is 1. The van der Waals surface area contributed by atoms with E-state index in [1.807, 2.05) is 0 Å². The van der Waals surface area contributed by atoms with Gasteiger partial charge in [0, 0.05) is 37.0 Å². The van der Waals surface area contributed by atoms with Gasteiger partial charge in [0.1, 0.15) is 0 Å². The molecule has 2 nitrogen and oxygen atoms in total. The number of piperazine rings is 1. The largest absolute Gasteiger partial charge is 0.311 e. The zero-order valence-electron chi connectivity index (χ0n) is 11.0. The van der Waals surface area contributed by atoms with E-state index >= 15 is 0 Å². The predicted molar refractivity (Wildman–Crippen MR) is 75.6 cm³/mol. The zero-order chi connectivity index (χ0) is 11.7. The summed E-state index contributed by atoms with van der Waals surface area (Å²) in [6, 6.07) is 1.71. The first kappa shape index (κ1) is 12.3. The summed E-state index contributed by atoms with van der Waals surface area (Å²) in [6.07, 6.45) is 11.0. The molecule has 0 aromatic rings. The summed E-state index contributed by atoms with van der Waals surface area (Å²) in [5, 5.41) is 4.66. The molecule has 2 saturated carbocycles. The second kappa shape index (κ2) is 5.50. The molecule has 0 amide bonds. The fourth-order valence-corrected chi connectivity index (χ4v) is 4.43. The van der Waals surface area contributed by atoms with Crippen molar-refractivity contribution < 1.29 is 0 Å². The molecule has 3 heteroatoms. The van der Waals surface area contributed by atoms with Crippen LogP contribution in [-0.4, -0.2) is 48.1 Å². The molecule has 0 radical (unpaired) electrons. The Morgan fingerprint density at radius 3 is 2.82 bits per heavy atom. The normalized spacial score (nSPS) is 40.4. The molecule has 98 valence electrons. The van der Waals surface area contributed by atoms with Crippen LogP contribution in [0, 0.1) is 5.92 Å². The zero-order valence-corrected chi connectivity index (χ0v) is 11.8. The molecule has 3 aliphatic rings. The maximum absolute atomic E-state index is 3.73. The van der Waals surface area contributed by atoms with Crippen LogP contribution in [-0.2, 0) is 0 Å². The molecule has 1 N–H and O–H groups in total. The van der Waals surface area contributed by atoms with Crippen molar-refractivity contribution in [2.45, 2.75) is 55.9 Å². The molecule has 3 unspecified atom stereocenters. The number of hydrogen-bond donors (Lipinski definition) is 1. The van der Waals surface area contributed by atoms with Gasteiger partial charge in [0.2, 0.25) is 0 Å². The summed E-state index contributed by atoms with van der Waals surface area (Å²) in [6.45, 7) is 3.84. The third kappa shape index (κ3) is 2.99. The van der Waals surface area contributed by atoms with Gasteiger partial charge in [0.15, 0.2) is 0 Å². The fraction of sp³-hybridized carbons (Fsp3) is 1.00. The smallest absolute Gasteiger partial charge is 0.0223 e. The lowest BCUT2D eigenvalue weighted by Crippen LogP contribution is -2.55. The maximum Gasteiger partial charge on any atom is 0.0223 e. The summed E-state index contributed by atoms with van der Waals surface area (Å²) in [5.41, 5.74) is 0. The number of hydrogen-bond acceptors (Lipinski definition) is 3. The van der Waals surface area contributed by atoms with Gasteiger partial charge < -0.3 is 5.32 Å². The standard InChI is InChI=1S/C14H26N2S/c1-17-13-4-2-3-12(9-13)16-8-7-15-14(10-16)11-5-6-11/h11-15H,2-10H2,1H3. The summed E-state index contributed by atoms with van der Waals surface area (Å²) in [4.78, 5) is 2.81. The molecular formula is C14H26N2S. The number of nitrogens with one attached hydrogen (secondary N) is 1. The lowest BCUT2D eigenvalue weighted by atomic mass is 9.92. The van der Waals surface area contributed by atoms with Gasteiger partial charge in [-0.25, -0.2) is 0 Å². The van der Waals surface area contributed by atoms with Crippen LogP contribution >= 0.6 is 11.8 Å². The van der Waals surface area contributed by atoms with Crippen LogP contribution in [0.3, 0.4) is 0 Å². The van der Waals surface area contributed by atoms with E-state index in [9.17, 15) is 0 Å². The van der Waals surface area contributed by atoms with Crippen molar-refractivity contribution >= 4 is 11.8 Å². The van der Waals surface area contributed by atoms with Crippen LogP contribution in [0.1, 0.15) is 38.5 Å². The molecule has 0 aromatic heterocycles. The van der Waals surface area contributed by atoms with Crippen molar-refractivity contribution in [3.05, 3.63) is 0 Å². The first-order valence-corrected chi connectivity index (χ1v) is 8.66. The second-order valence-corrected chi connectivity index (χ2v) is 7.21. The average Bonchev–Trinajstić information content (AvgIpc) is 3.23. The Balaban J connectivity index is 1.55. The van der Waals surface area contributed by atoms with Gasteiger partial charge in [0.05, 0.1) is 0 Å². The van der Waals surface area contributed by atoms with Gasteiger partial charge >= 0.3 is 0 Å².